The normalized spacial score (nSPS) is 14.7. The number of likely N-dealkylation sites (tertiary alicyclic amines) is 1. The fourth-order valence-corrected chi connectivity index (χ4v) is 4.88. The van der Waals surface area contributed by atoms with Gasteiger partial charge in [0.2, 0.25) is 0 Å². The van der Waals surface area contributed by atoms with Crippen LogP contribution in [0.2, 0.25) is 0 Å². The standard InChI is InChI=1S/C30H34F3N3O2/c31-30(32,33)38-28-15-8-7-14-27(28)34-29(37)36(23-26-12-5-2-6-13-26)19-9-18-35-20-16-25(17-21-35)22-24-10-3-1-4-11-24/h1-8,10-15,25H,9,16-23H2,(H,34,37). The molecular formula is C30H34F3N3O2. The highest BCUT2D eigenvalue weighted by molar-refractivity contribution is 5.91. The highest BCUT2D eigenvalue weighted by Gasteiger charge is 2.32. The number of carbonyl (C=O) groups excluding carboxylic acids is 1. The number of alkyl halides is 3. The summed E-state index contributed by atoms with van der Waals surface area (Å²) >= 11 is 0. The van der Waals surface area contributed by atoms with E-state index in [1.807, 2.05) is 36.4 Å². The zero-order valence-corrected chi connectivity index (χ0v) is 21.4. The number of hydrogen-bond acceptors (Lipinski definition) is 3. The molecule has 1 aliphatic heterocycles. The van der Waals surface area contributed by atoms with Crippen LogP contribution in [0.3, 0.4) is 0 Å². The van der Waals surface area contributed by atoms with E-state index in [-0.39, 0.29) is 5.69 Å². The topological polar surface area (TPSA) is 44.8 Å². The van der Waals surface area contributed by atoms with Gasteiger partial charge in [-0.25, -0.2) is 4.79 Å². The van der Waals surface area contributed by atoms with Gasteiger partial charge < -0.3 is 19.9 Å². The Morgan fingerprint density at radius 3 is 2.16 bits per heavy atom. The fraction of sp³-hybridized carbons (Fsp3) is 0.367. The molecular weight excluding hydrogens is 491 g/mol. The quantitative estimate of drug-likeness (QED) is 0.311. The third kappa shape index (κ3) is 8.80. The number of carbonyl (C=O) groups is 1. The number of anilines is 1. The average molecular weight is 526 g/mol. The molecule has 38 heavy (non-hydrogen) atoms. The predicted octanol–water partition coefficient (Wildman–Crippen LogP) is 6.96. The van der Waals surface area contributed by atoms with Gasteiger partial charge >= 0.3 is 12.4 Å². The summed E-state index contributed by atoms with van der Waals surface area (Å²) in [5.74, 6) is 0.249. The van der Waals surface area contributed by atoms with E-state index < -0.39 is 18.1 Å². The second kappa shape index (κ2) is 13.3. The number of benzene rings is 3. The Morgan fingerprint density at radius 2 is 1.50 bits per heavy atom. The number of halogens is 3. The van der Waals surface area contributed by atoms with E-state index in [9.17, 15) is 18.0 Å². The number of nitrogens with one attached hydrogen (secondary N) is 1. The SMILES string of the molecule is O=C(Nc1ccccc1OC(F)(F)F)N(CCCN1CCC(Cc2ccccc2)CC1)Cc1ccccc1. The van der Waals surface area contributed by atoms with Crippen molar-refractivity contribution >= 4 is 11.7 Å². The summed E-state index contributed by atoms with van der Waals surface area (Å²) in [6, 6.07) is 25.3. The van der Waals surface area contributed by atoms with E-state index >= 15 is 0 Å². The molecule has 3 aromatic carbocycles. The summed E-state index contributed by atoms with van der Waals surface area (Å²) in [5, 5.41) is 2.62. The Hall–Kier alpha value is -3.52. The van der Waals surface area contributed by atoms with Crippen LogP contribution in [0.25, 0.3) is 0 Å². The Bertz CT molecular complexity index is 1130. The van der Waals surface area contributed by atoms with Gasteiger partial charge in [0.25, 0.3) is 0 Å². The number of para-hydroxylation sites is 2. The molecule has 202 valence electrons. The molecule has 0 unspecified atom stereocenters. The molecule has 1 N–H and O–H groups in total. The van der Waals surface area contributed by atoms with Gasteiger partial charge in [-0.2, -0.15) is 0 Å². The maximum atomic E-state index is 13.2. The highest BCUT2D eigenvalue weighted by atomic mass is 19.4. The number of rotatable bonds is 10. The third-order valence-electron chi connectivity index (χ3n) is 6.83. The lowest BCUT2D eigenvalue weighted by Crippen LogP contribution is -2.39. The van der Waals surface area contributed by atoms with E-state index in [0.29, 0.717) is 19.0 Å². The van der Waals surface area contributed by atoms with Crippen molar-refractivity contribution in [3.63, 3.8) is 0 Å². The van der Waals surface area contributed by atoms with Gasteiger partial charge in [0.1, 0.15) is 0 Å². The number of nitrogens with zero attached hydrogens (tertiary/aromatic N) is 2. The average Bonchev–Trinajstić information content (AvgIpc) is 2.90. The monoisotopic (exact) mass is 525 g/mol. The van der Waals surface area contributed by atoms with E-state index in [0.717, 1.165) is 50.9 Å². The van der Waals surface area contributed by atoms with E-state index in [1.165, 1.54) is 23.8 Å². The van der Waals surface area contributed by atoms with E-state index in [2.05, 4.69) is 39.2 Å². The van der Waals surface area contributed by atoms with Crippen LogP contribution < -0.4 is 10.1 Å². The molecule has 2 amide bonds. The number of piperidine rings is 1. The maximum Gasteiger partial charge on any atom is 0.573 e. The van der Waals surface area contributed by atoms with Gasteiger partial charge in [-0.15, -0.1) is 13.2 Å². The van der Waals surface area contributed by atoms with Crippen LogP contribution in [-0.2, 0) is 13.0 Å². The van der Waals surface area contributed by atoms with Gasteiger partial charge in [-0.3, -0.25) is 0 Å². The molecule has 0 aromatic heterocycles. The molecule has 1 heterocycles. The second-order valence-electron chi connectivity index (χ2n) is 9.71. The lowest BCUT2D eigenvalue weighted by atomic mass is 9.90. The highest BCUT2D eigenvalue weighted by Crippen LogP contribution is 2.30. The Balaban J connectivity index is 1.32. The zero-order chi connectivity index (χ0) is 26.8. The first-order chi connectivity index (χ1) is 18.4. The van der Waals surface area contributed by atoms with Crippen LogP contribution in [0.5, 0.6) is 5.75 Å². The maximum absolute atomic E-state index is 13.2. The van der Waals surface area contributed by atoms with Crippen molar-refractivity contribution in [1.82, 2.24) is 9.80 Å². The van der Waals surface area contributed by atoms with E-state index in [4.69, 9.17) is 0 Å². The van der Waals surface area contributed by atoms with Crippen molar-refractivity contribution in [3.05, 3.63) is 96.1 Å². The van der Waals surface area contributed by atoms with Crippen LogP contribution in [0.15, 0.2) is 84.9 Å². The lowest BCUT2D eigenvalue weighted by Gasteiger charge is -2.32. The molecule has 1 fully saturated rings. The minimum atomic E-state index is -4.85. The van der Waals surface area contributed by atoms with Gasteiger partial charge in [-0.1, -0.05) is 72.8 Å². The first-order valence-electron chi connectivity index (χ1n) is 13.1. The molecule has 1 saturated heterocycles. The molecule has 1 aliphatic rings. The molecule has 0 aliphatic carbocycles. The molecule has 4 rings (SSSR count). The minimum absolute atomic E-state index is 0.0200. The summed E-state index contributed by atoms with van der Waals surface area (Å²) in [7, 11) is 0. The summed E-state index contributed by atoms with van der Waals surface area (Å²) in [5.41, 5.74) is 2.31. The largest absolute Gasteiger partial charge is 0.573 e. The van der Waals surface area contributed by atoms with Crippen molar-refractivity contribution < 1.29 is 22.7 Å². The molecule has 8 heteroatoms. The molecule has 0 radical (unpaired) electrons. The van der Waals surface area contributed by atoms with Crippen LogP contribution >= 0.6 is 0 Å². The molecule has 0 atom stereocenters. The Labute approximate surface area is 222 Å². The first-order valence-corrected chi connectivity index (χ1v) is 13.1. The van der Waals surface area contributed by atoms with Crippen molar-refractivity contribution in [2.24, 2.45) is 5.92 Å². The lowest BCUT2D eigenvalue weighted by molar-refractivity contribution is -0.274. The first kappa shape index (κ1) is 27.5. The Morgan fingerprint density at radius 1 is 0.895 bits per heavy atom. The number of ether oxygens (including phenoxy) is 1. The molecule has 5 nitrogen and oxygen atoms in total. The fourth-order valence-electron chi connectivity index (χ4n) is 4.88. The van der Waals surface area contributed by atoms with E-state index in [1.54, 1.807) is 11.0 Å². The number of amides is 2. The summed E-state index contributed by atoms with van der Waals surface area (Å²) in [4.78, 5) is 17.3. The van der Waals surface area contributed by atoms with Gasteiger partial charge in [0.05, 0.1) is 5.69 Å². The summed E-state index contributed by atoms with van der Waals surface area (Å²) in [6.45, 7) is 3.76. The van der Waals surface area contributed by atoms with Crippen molar-refractivity contribution in [1.29, 1.82) is 0 Å². The van der Waals surface area contributed by atoms with Crippen LogP contribution in [0.1, 0.15) is 30.4 Å². The third-order valence-corrected chi connectivity index (χ3v) is 6.83. The molecule has 3 aromatic rings. The van der Waals surface area contributed by atoms with Crippen molar-refractivity contribution in [3.8, 4) is 5.75 Å². The van der Waals surface area contributed by atoms with Crippen LogP contribution in [0, 0.1) is 5.92 Å². The summed E-state index contributed by atoms with van der Waals surface area (Å²) in [6.07, 6.45) is -0.666. The predicted molar refractivity (Wildman–Crippen MR) is 143 cm³/mol. The molecule has 0 bridgehead atoms. The van der Waals surface area contributed by atoms with Gasteiger partial charge in [0, 0.05) is 13.1 Å². The van der Waals surface area contributed by atoms with Gasteiger partial charge in [-0.05, 0) is 74.5 Å². The Kier molecular flexibility index (Phi) is 9.65. The number of urea groups is 1. The zero-order valence-electron chi connectivity index (χ0n) is 21.4. The van der Waals surface area contributed by atoms with Gasteiger partial charge in [0.15, 0.2) is 5.75 Å². The van der Waals surface area contributed by atoms with Crippen molar-refractivity contribution in [2.75, 3.05) is 31.5 Å². The second-order valence-corrected chi connectivity index (χ2v) is 9.71. The summed E-state index contributed by atoms with van der Waals surface area (Å²) < 4.78 is 42.6. The van der Waals surface area contributed by atoms with Crippen LogP contribution in [-0.4, -0.2) is 48.4 Å². The molecule has 0 saturated carbocycles. The molecule has 0 spiro atoms. The van der Waals surface area contributed by atoms with Crippen LogP contribution in [0.4, 0.5) is 23.7 Å². The van der Waals surface area contributed by atoms with Crippen molar-refractivity contribution in [2.45, 2.75) is 38.6 Å². The number of hydrogen-bond donors (Lipinski definition) is 1. The minimum Gasteiger partial charge on any atom is -0.404 e. The smallest absolute Gasteiger partial charge is 0.404 e.